The number of rotatable bonds is 4. The normalized spacial score (nSPS) is 11.2. The lowest BCUT2D eigenvalue weighted by atomic mass is 10.1. The molecule has 122 valence electrons. The zero-order valence-corrected chi connectivity index (χ0v) is 12.7. The molecule has 0 fully saturated rings. The second kappa shape index (κ2) is 6.73. The highest BCUT2D eigenvalue weighted by Gasteiger charge is 2.29. The van der Waals surface area contributed by atoms with E-state index in [0.29, 0.717) is 16.9 Å². The number of halogens is 3. The number of carbonyl (C=O) groups is 1. The van der Waals surface area contributed by atoms with Crippen molar-refractivity contribution in [1.29, 1.82) is 0 Å². The van der Waals surface area contributed by atoms with Crippen molar-refractivity contribution in [2.24, 2.45) is 0 Å². The van der Waals surface area contributed by atoms with Crippen LogP contribution < -0.4 is 10.1 Å². The van der Waals surface area contributed by atoms with Gasteiger partial charge in [-0.2, -0.15) is 13.2 Å². The van der Waals surface area contributed by atoms with E-state index < -0.39 is 11.7 Å². The van der Waals surface area contributed by atoms with Gasteiger partial charge in [-0.05, 0) is 36.8 Å². The summed E-state index contributed by atoms with van der Waals surface area (Å²) >= 11 is 0. The van der Waals surface area contributed by atoms with Crippen molar-refractivity contribution in [3.63, 3.8) is 0 Å². The number of amides is 1. The van der Waals surface area contributed by atoms with E-state index in [1.807, 2.05) is 13.0 Å². The lowest BCUT2D eigenvalue weighted by Crippen LogP contribution is -2.23. The molecule has 0 radical (unpaired) electrons. The second-order valence-electron chi connectivity index (χ2n) is 5.08. The van der Waals surface area contributed by atoms with Gasteiger partial charge in [0, 0.05) is 6.54 Å². The summed E-state index contributed by atoms with van der Waals surface area (Å²) in [5, 5.41) is 2.68. The highest BCUT2D eigenvalue weighted by molar-refractivity contribution is 5.97. The first kappa shape index (κ1) is 16.9. The van der Waals surface area contributed by atoms with Gasteiger partial charge in [0.2, 0.25) is 0 Å². The molecule has 0 aromatic heterocycles. The summed E-state index contributed by atoms with van der Waals surface area (Å²) in [5.74, 6) is 0.103. The highest BCUT2D eigenvalue weighted by Crippen LogP contribution is 2.29. The first-order chi connectivity index (χ1) is 10.8. The summed E-state index contributed by atoms with van der Waals surface area (Å²) in [6.07, 6.45) is -4.36. The van der Waals surface area contributed by atoms with Crippen molar-refractivity contribution in [2.75, 3.05) is 7.11 Å². The summed E-state index contributed by atoms with van der Waals surface area (Å²) in [7, 11) is 1.47. The number of ether oxygens (including phenoxy) is 1. The Morgan fingerprint density at radius 2 is 1.78 bits per heavy atom. The lowest BCUT2D eigenvalue weighted by molar-refractivity contribution is -0.137. The summed E-state index contributed by atoms with van der Waals surface area (Å²) < 4.78 is 42.6. The van der Waals surface area contributed by atoms with Gasteiger partial charge in [0.25, 0.3) is 5.91 Å². The summed E-state index contributed by atoms with van der Waals surface area (Å²) in [6.45, 7) is 1.99. The van der Waals surface area contributed by atoms with E-state index in [9.17, 15) is 18.0 Å². The molecular weight excluding hydrogens is 307 g/mol. The standard InChI is InChI=1S/C17H16F3NO2/c1-11-3-8-15(23-2)14(9-11)16(22)21-10-12-4-6-13(7-5-12)17(18,19)20/h3-9H,10H2,1-2H3,(H,21,22). The molecule has 23 heavy (non-hydrogen) atoms. The fourth-order valence-electron chi connectivity index (χ4n) is 2.09. The molecule has 2 aromatic carbocycles. The highest BCUT2D eigenvalue weighted by atomic mass is 19.4. The maximum atomic E-state index is 12.5. The van der Waals surface area contributed by atoms with Crippen LogP contribution >= 0.6 is 0 Å². The van der Waals surface area contributed by atoms with E-state index in [1.165, 1.54) is 19.2 Å². The van der Waals surface area contributed by atoms with Crippen molar-refractivity contribution in [2.45, 2.75) is 19.6 Å². The SMILES string of the molecule is COc1ccc(C)cc1C(=O)NCc1ccc(C(F)(F)F)cc1. The van der Waals surface area contributed by atoms with Crippen LogP contribution in [0.1, 0.15) is 27.0 Å². The summed E-state index contributed by atoms with van der Waals surface area (Å²) in [5.41, 5.74) is 1.16. The van der Waals surface area contributed by atoms with Gasteiger partial charge in [-0.15, -0.1) is 0 Å². The third-order valence-electron chi connectivity index (χ3n) is 3.33. The van der Waals surface area contributed by atoms with Crippen LogP contribution in [0.15, 0.2) is 42.5 Å². The minimum absolute atomic E-state index is 0.133. The zero-order valence-electron chi connectivity index (χ0n) is 12.7. The van der Waals surface area contributed by atoms with E-state index in [-0.39, 0.29) is 12.5 Å². The molecule has 0 aliphatic heterocycles. The van der Waals surface area contributed by atoms with Gasteiger partial charge in [0.1, 0.15) is 5.75 Å². The Bertz CT molecular complexity index is 694. The molecule has 0 heterocycles. The minimum atomic E-state index is -4.36. The number of methoxy groups -OCH3 is 1. The summed E-state index contributed by atoms with van der Waals surface area (Å²) in [6, 6.07) is 9.89. The Hall–Kier alpha value is -2.50. The molecule has 1 amide bonds. The smallest absolute Gasteiger partial charge is 0.416 e. The fourth-order valence-corrected chi connectivity index (χ4v) is 2.09. The number of carbonyl (C=O) groups excluding carboxylic acids is 1. The van der Waals surface area contributed by atoms with E-state index in [1.54, 1.807) is 12.1 Å². The lowest BCUT2D eigenvalue weighted by Gasteiger charge is -2.11. The van der Waals surface area contributed by atoms with Crippen LogP contribution in [0.4, 0.5) is 13.2 Å². The maximum absolute atomic E-state index is 12.5. The third kappa shape index (κ3) is 4.25. The molecule has 6 heteroatoms. The van der Waals surface area contributed by atoms with Crippen LogP contribution in [0.3, 0.4) is 0 Å². The number of nitrogens with one attached hydrogen (secondary N) is 1. The Morgan fingerprint density at radius 3 is 2.35 bits per heavy atom. The van der Waals surface area contributed by atoms with Crippen molar-refractivity contribution in [3.05, 3.63) is 64.7 Å². The van der Waals surface area contributed by atoms with Gasteiger partial charge in [-0.25, -0.2) is 0 Å². The average Bonchev–Trinajstić information content (AvgIpc) is 2.52. The topological polar surface area (TPSA) is 38.3 Å². The maximum Gasteiger partial charge on any atom is 0.416 e. The van der Waals surface area contributed by atoms with Crippen LogP contribution in [0, 0.1) is 6.92 Å². The van der Waals surface area contributed by atoms with E-state index in [4.69, 9.17) is 4.74 Å². The Balaban J connectivity index is 2.06. The van der Waals surface area contributed by atoms with Crippen LogP contribution in [0.5, 0.6) is 5.75 Å². The number of alkyl halides is 3. The van der Waals surface area contributed by atoms with E-state index in [2.05, 4.69) is 5.32 Å². The van der Waals surface area contributed by atoms with E-state index in [0.717, 1.165) is 17.7 Å². The van der Waals surface area contributed by atoms with Gasteiger partial charge >= 0.3 is 6.18 Å². The Labute approximate surface area is 132 Å². The fraction of sp³-hybridized carbons (Fsp3) is 0.235. The largest absolute Gasteiger partial charge is 0.496 e. The van der Waals surface area contributed by atoms with Crippen molar-refractivity contribution in [3.8, 4) is 5.75 Å². The molecule has 3 nitrogen and oxygen atoms in total. The zero-order chi connectivity index (χ0) is 17.0. The summed E-state index contributed by atoms with van der Waals surface area (Å²) in [4.78, 5) is 12.2. The predicted octanol–water partition coefficient (Wildman–Crippen LogP) is 3.95. The van der Waals surface area contributed by atoms with Gasteiger partial charge < -0.3 is 10.1 Å². The monoisotopic (exact) mass is 323 g/mol. The average molecular weight is 323 g/mol. The van der Waals surface area contributed by atoms with Crippen molar-refractivity contribution < 1.29 is 22.7 Å². The van der Waals surface area contributed by atoms with Gasteiger partial charge in [-0.3, -0.25) is 4.79 Å². The molecule has 0 atom stereocenters. The molecule has 0 saturated heterocycles. The first-order valence-corrected chi connectivity index (χ1v) is 6.90. The van der Waals surface area contributed by atoms with Gasteiger partial charge in [-0.1, -0.05) is 23.8 Å². The molecule has 0 unspecified atom stereocenters. The van der Waals surface area contributed by atoms with Gasteiger partial charge in [0.05, 0.1) is 18.2 Å². The third-order valence-corrected chi connectivity index (χ3v) is 3.33. The van der Waals surface area contributed by atoms with Crippen LogP contribution in [-0.2, 0) is 12.7 Å². The number of aryl methyl sites for hydroxylation is 1. The van der Waals surface area contributed by atoms with Crippen LogP contribution in [0.2, 0.25) is 0 Å². The Morgan fingerprint density at radius 1 is 1.13 bits per heavy atom. The Kier molecular flexibility index (Phi) is 4.93. The molecular formula is C17H16F3NO2. The second-order valence-corrected chi connectivity index (χ2v) is 5.08. The minimum Gasteiger partial charge on any atom is -0.496 e. The van der Waals surface area contributed by atoms with E-state index >= 15 is 0 Å². The number of hydrogen-bond donors (Lipinski definition) is 1. The predicted molar refractivity (Wildman–Crippen MR) is 80.3 cm³/mol. The molecule has 0 aliphatic rings. The quantitative estimate of drug-likeness (QED) is 0.925. The molecule has 2 aromatic rings. The molecule has 1 N–H and O–H groups in total. The molecule has 0 aliphatic carbocycles. The van der Waals surface area contributed by atoms with Crippen LogP contribution in [0.25, 0.3) is 0 Å². The number of benzene rings is 2. The first-order valence-electron chi connectivity index (χ1n) is 6.90. The van der Waals surface area contributed by atoms with Crippen molar-refractivity contribution >= 4 is 5.91 Å². The molecule has 2 rings (SSSR count). The molecule has 0 saturated carbocycles. The molecule has 0 bridgehead atoms. The van der Waals surface area contributed by atoms with Crippen LogP contribution in [-0.4, -0.2) is 13.0 Å². The van der Waals surface area contributed by atoms with Gasteiger partial charge in [0.15, 0.2) is 0 Å². The molecule has 0 spiro atoms. The van der Waals surface area contributed by atoms with Crippen molar-refractivity contribution in [1.82, 2.24) is 5.32 Å². The number of hydrogen-bond acceptors (Lipinski definition) is 2.